The van der Waals surface area contributed by atoms with Crippen molar-refractivity contribution < 1.29 is 13.9 Å². The van der Waals surface area contributed by atoms with Gasteiger partial charge in [-0.2, -0.15) is 0 Å². The molecule has 2 unspecified atom stereocenters. The van der Waals surface area contributed by atoms with Crippen LogP contribution < -0.4 is 5.32 Å². The summed E-state index contributed by atoms with van der Waals surface area (Å²) in [7, 11) is 0. The van der Waals surface area contributed by atoms with Gasteiger partial charge in [-0.25, -0.2) is 8.78 Å². The third kappa shape index (κ3) is 5.24. The van der Waals surface area contributed by atoms with E-state index in [1.807, 2.05) is 6.92 Å². The van der Waals surface area contributed by atoms with Crippen molar-refractivity contribution in [1.29, 1.82) is 0 Å². The van der Waals surface area contributed by atoms with Crippen LogP contribution in [0.4, 0.5) is 8.78 Å². The normalized spacial score (nSPS) is 14.6. The van der Waals surface area contributed by atoms with Crippen LogP contribution in [0.25, 0.3) is 0 Å². The topological polar surface area (TPSA) is 32.3 Å². The SMILES string of the molecule is CC(O)CC(C)CNCc1ccc(F)cc1F. The van der Waals surface area contributed by atoms with Gasteiger partial charge >= 0.3 is 0 Å². The monoisotopic (exact) mass is 243 g/mol. The van der Waals surface area contributed by atoms with Crippen LogP contribution in [0.15, 0.2) is 18.2 Å². The molecule has 0 aliphatic heterocycles. The van der Waals surface area contributed by atoms with Crippen molar-refractivity contribution in [2.75, 3.05) is 6.54 Å². The molecule has 0 saturated heterocycles. The van der Waals surface area contributed by atoms with Crippen molar-refractivity contribution in [2.24, 2.45) is 5.92 Å². The molecular formula is C13H19F2NO. The quantitative estimate of drug-likeness (QED) is 0.804. The molecular weight excluding hydrogens is 224 g/mol. The van der Waals surface area contributed by atoms with Gasteiger partial charge in [0.25, 0.3) is 0 Å². The van der Waals surface area contributed by atoms with E-state index in [2.05, 4.69) is 5.32 Å². The van der Waals surface area contributed by atoms with E-state index in [4.69, 9.17) is 0 Å². The van der Waals surface area contributed by atoms with E-state index in [-0.39, 0.29) is 6.10 Å². The van der Waals surface area contributed by atoms with Gasteiger partial charge < -0.3 is 10.4 Å². The fourth-order valence-electron chi connectivity index (χ4n) is 1.78. The average molecular weight is 243 g/mol. The zero-order chi connectivity index (χ0) is 12.8. The van der Waals surface area contributed by atoms with Gasteiger partial charge in [0.1, 0.15) is 11.6 Å². The molecule has 96 valence electrons. The average Bonchev–Trinajstić information content (AvgIpc) is 2.20. The molecule has 2 nitrogen and oxygen atoms in total. The van der Waals surface area contributed by atoms with Crippen LogP contribution in [0.2, 0.25) is 0 Å². The Morgan fingerprint density at radius 3 is 2.59 bits per heavy atom. The number of aliphatic hydroxyl groups is 1. The van der Waals surface area contributed by atoms with Crippen LogP contribution in [0, 0.1) is 17.6 Å². The van der Waals surface area contributed by atoms with Gasteiger partial charge in [0.05, 0.1) is 6.10 Å². The van der Waals surface area contributed by atoms with Crippen LogP contribution in [0.1, 0.15) is 25.8 Å². The summed E-state index contributed by atoms with van der Waals surface area (Å²) in [6, 6.07) is 3.58. The molecule has 1 aromatic rings. The third-order valence-corrected chi connectivity index (χ3v) is 2.57. The van der Waals surface area contributed by atoms with Gasteiger partial charge in [-0.3, -0.25) is 0 Å². The summed E-state index contributed by atoms with van der Waals surface area (Å²) in [4.78, 5) is 0. The number of halogens is 2. The van der Waals surface area contributed by atoms with Gasteiger partial charge in [-0.05, 0) is 31.9 Å². The number of benzene rings is 1. The van der Waals surface area contributed by atoms with Crippen LogP contribution in [-0.4, -0.2) is 17.8 Å². The fourth-order valence-corrected chi connectivity index (χ4v) is 1.78. The zero-order valence-electron chi connectivity index (χ0n) is 10.2. The summed E-state index contributed by atoms with van der Waals surface area (Å²) >= 11 is 0. The first-order valence-electron chi connectivity index (χ1n) is 5.81. The van der Waals surface area contributed by atoms with E-state index < -0.39 is 11.6 Å². The lowest BCUT2D eigenvalue weighted by Crippen LogP contribution is -2.23. The summed E-state index contributed by atoms with van der Waals surface area (Å²) < 4.78 is 25.9. The lowest BCUT2D eigenvalue weighted by molar-refractivity contribution is 0.163. The summed E-state index contributed by atoms with van der Waals surface area (Å²) in [5.41, 5.74) is 0.454. The van der Waals surface area contributed by atoms with Crippen LogP contribution in [-0.2, 0) is 6.54 Å². The first-order chi connectivity index (χ1) is 7.99. The number of hydrogen-bond donors (Lipinski definition) is 2. The molecule has 0 bridgehead atoms. The zero-order valence-corrected chi connectivity index (χ0v) is 10.2. The third-order valence-electron chi connectivity index (χ3n) is 2.57. The molecule has 2 atom stereocenters. The minimum absolute atomic E-state index is 0.318. The highest BCUT2D eigenvalue weighted by molar-refractivity contribution is 5.18. The summed E-state index contributed by atoms with van der Waals surface area (Å²) in [5, 5.41) is 12.3. The van der Waals surface area contributed by atoms with Crippen LogP contribution >= 0.6 is 0 Å². The van der Waals surface area contributed by atoms with Gasteiger partial charge in [0.15, 0.2) is 0 Å². The minimum Gasteiger partial charge on any atom is -0.393 e. The van der Waals surface area contributed by atoms with Crippen LogP contribution in [0.5, 0.6) is 0 Å². The molecule has 0 heterocycles. The van der Waals surface area contributed by atoms with Crippen molar-refractivity contribution in [3.05, 3.63) is 35.4 Å². The number of nitrogens with one attached hydrogen (secondary N) is 1. The van der Waals surface area contributed by atoms with Gasteiger partial charge in [0.2, 0.25) is 0 Å². The molecule has 0 radical (unpaired) electrons. The molecule has 1 aromatic carbocycles. The second kappa shape index (κ2) is 6.67. The molecule has 0 fully saturated rings. The molecule has 17 heavy (non-hydrogen) atoms. The van der Waals surface area contributed by atoms with Crippen molar-refractivity contribution in [3.63, 3.8) is 0 Å². The summed E-state index contributed by atoms with van der Waals surface area (Å²) in [5.74, 6) is -0.770. The molecule has 2 N–H and O–H groups in total. The van der Waals surface area contributed by atoms with E-state index in [0.717, 1.165) is 6.07 Å². The molecule has 1 rings (SSSR count). The first-order valence-corrected chi connectivity index (χ1v) is 5.81. The summed E-state index contributed by atoms with van der Waals surface area (Å²) in [6.07, 6.45) is 0.383. The summed E-state index contributed by atoms with van der Waals surface area (Å²) in [6.45, 7) is 4.83. The first kappa shape index (κ1) is 14.1. The van der Waals surface area contributed by atoms with E-state index in [9.17, 15) is 13.9 Å². The Morgan fingerprint density at radius 2 is 2.00 bits per heavy atom. The Labute approximate surface area is 101 Å². The lowest BCUT2D eigenvalue weighted by atomic mass is 10.0. The van der Waals surface area contributed by atoms with Crippen molar-refractivity contribution >= 4 is 0 Å². The lowest BCUT2D eigenvalue weighted by Gasteiger charge is -2.14. The Hall–Kier alpha value is -1.00. The van der Waals surface area contributed by atoms with Crippen molar-refractivity contribution in [1.82, 2.24) is 5.32 Å². The van der Waals surface area contributed by atoms with E-state index in [1.165, 1.54) is 12.1 Å². The second-order valence-corrected chi connectivity index (χ2v) is 4.56. The molecule has 0 aromatic heterocycles. The highest BCUT2D eigenvalue weighted by Gasteiger charge is 2.07. The Kier molecular flexibility index (Phi) is 5.51. The van der Waals surface area contributed by atoms with Gasteiger partial charge in [-0.1, -0.05) is 13.0 Å². The molecule has 4 heteroatoms. The smallest absolute Gasteiger partial charge is 0.130 e. The number of aliphatic hydroxyl groups excluding tert-OH is 1. The minimum atomic E-state index is -0.561. The maximum absolute atomic E-state index is 13.3. The van der Waals surface area contributed by atoms with Gasteiger partial charge in [0, 0.05) is 18.2 Å². The highest BCUT2D eigenvalue weighted by atomic mass is 19.1. The van der Waals surface area contributed by atoms with Crippen molar-refractivity contribution in [3.8, 4) is 0 Å². The number of hydrogen-bond acceptors (Lipinski definition) is 2. The predicted octanol–water partition coefficient (Wildman–Crippen LogP) is 2.46. The molecule has 0 saturated carbocycles. The molecule has 0 aliphatic rings. The van der Waals surface area contributed by atoms with Crippen LogP contribution in [0.3, 0.4) is 0 Å². The van der Waals surface area contributed by atoms with Crippen molar-refractivity contribution in [2.45, 2.75) is 32.9 Å². The fraction of sp³-hybridized carbons (Fsp3) is 0.538. The predicted molar refractivity (Wildman–Crippen MR) is 63.5 cm³/mol. The van der Waals surface area contributed by atoms with E-state index >= 15 is 0 Å². The second-order valence-electron chi connectivity index (χ2n) is 4.56. The maximum atomic E-state index is 13.3. The molecule has 0 amide bonds. The maximum Gasteiger partial charge on any atom is 0.130 e. The van der Waals surface area contributed by atoms with Gasteiger partial charge in [-0.15, -0.1) is 0 Å². The highest BCUT2D eigenvalue weighted by Crippen LogP contribution is 2.10. The standard InChI is InChI=1S/C13H19F2NO/c1-9(5-10(2)17)7-16-8-11-3-4-12(14)6-13(11)15/h3-4,6,9-10,16-17H,5,7-8H2,1-2H3. The Morgan fingerprint density at radius 1 is 1.29 bits per heavy atom. The number of rotatable bonds is 6. The Balaban J connectivity index is 2.35. The largest absolute Gasteiger partial charge is 0.393 e. The van der Waals surface area contributed by atoms with E-state index in [0.29, 0.717) is 31.0 Å². The Bertz CT molecular complexity index is 355. The molecule has 0 spiro atoms. The van der Waals surface area contributed by atoms with E-state index in [1.54, 1.807) is 6.92 Å². The molecule has 0 aliphatic carbocycles.